The number of carbonyl (C=O) groups is 5. The molecule has 2 aromatic heterocycles. The first-order valence-corrected chi connectivity index (χ1v) is 24.3. The molecular formula is C51H78N2O16. The summed E-state index contributed by atoms with van der Waals surface area (Å²) in [6, 6.07) is 2.98. The van der Waals surface area contributed by atoms with Crippen LogP contribution in [-0.4, -0.2) is 130 Å². The number of methoxy groups -OCH3 is 2. The number of rotatable bonds is 21. The highest BCUT2D eigenvalue weighted by molar-refractivity contribution is 6.00. The smallest absolute Gasteiger partial charge is 0.312 e. The summed E-state index contributed by atoms with van der Waals surface area (Å²) in [6.45, 7) is 19.3. The van der Waals surface area contributed by atoms with Crippen LogP contribution in [0.15, 0.2) is 24.5 Å². The van der Waals surface area contributed by atoms with E-state index in [0.29, 0.717) is 38.3 Å². The standard InChI is InChI=1S/C27H41NO9.C24H37NO7/c1-7-8-20-10-12-33-15-21(27(31)37-18(4)25(20)34-14-17(2)3)13-22(30)24-26(36-16-35-19(5)29)23(32-6)9-11-28-24;1-6-7-17-9-11-30-14-18(24(28)32-16(4)23(17)31-13-15(2)3)12-19(26)21-22(27)20(29-5)8-10-25-21/h9,11,17-18,20-21,25H,7-8,10,12-16H2,1-6H3;8,10,15-18,23,27H,6-7,9,11-14H2,1-5H3/t18-,20-,21-,25-;16-,17-,18-,23-/m00/s1. The van der Waals surface area contributed by atoms with Crippen molar-refractivity contribution in [3.63, 3.8) is 0 Å². The van der Waals surface area contributed by atoms with Crippen molar-refractivity contribution in [3.8, 4) is 23.0 Å². The molecule has 2 saturated heterocycles. The molecule has 0 radical (unpaired) electrons. The van der Waals surface area contributed by atoms with Crippen LogP contribution < -0.4 is 14.2 Å². The summed E-state index contributed by atoms with van der Waals surface area (Å²) in [5, 5.41) is 10.2. The summed E-state index contributed by atoms with van der Waals surface area (Å²) in [5.41, 5.74) is -0.172. The highest BCUT2D eigenvalue weighted by Crippen LogP contribution is 2.33. The molecule has 8 atom stereocenters. The number of aromatic hydroxyl groups is 1. The van der Waals surface area contributed by atoms with Gasteiger partial charge in [0.2, 0.25) is 6.79 Å². The Morgan fingerprint density at radius 2 is 1.17 bits per heavy atom. The lowest BCUT2D eigenvalue weighted by Crippen LogP contribution is -2.41. The van der Waals surface area contributed by atoms with E-state index in [4.69, 9.17) is 47.4 Å². The van der Waals surface area contributed by atoms with Gasteiger partial charge in [-0.25, -0.2) is 9.97 Å². The Balaban J connectivity index is 0.000000369. The average Bonchev–Trinajstić information content (AvgIpc) is 3.30. The Kier molecular flexibility index (Phi) is 25.9. The van der Waals surface area contributed by atoms with E-state index in [9.17, 15) is 29.1 Å². The Labute approximate surface area is 408 Å². The van der Waals surface area contributed by atoms with E-state index in [1.807, 2.05) is 13.8 Å². The van der Waals surface area contributed by atoms with Gasteiger partial charge in [0.15, 0.2) is 46.0 Å². The van der Waals surface area contributed by atoms with Crippen LogP contribution in [0.1, 0.15) is 135 Å². The van der Waals surface area contributed by atoms with Gasteiger partial charge in [0.05, 0.1) is 51.5 Å². The van der Waals surface area contributed by atoms with Crippen LogP contribution in [0.4, 0.5) is 0 Å². The fourth-order valence-corrected chi connectivity index (χ4v) is 8.19. The maximum Gasteiger partial charge on any atom is 0.312 e. The van der Waals surface area contributed by atoms with Crippen LogP contribution in [0.25, 0.3) is 0 Å². The van der Waals surface area contributed by atoms with Gasteiger partial charge in [-0.3, -0.25) is 24.0 Å². The zero-order valence-corrected chi connectivity index (χ0v) is 42.7. The largest absolute Gasteiger partial charge is 0.503 e. The molecule has 0 saturated carbocycles. The third kappa shape index (κ3) is 19.1. The van der Waals surface area contributed by atoms with Gasteiger partial charge in [-0.15, -0.1) is 0 Å². The molecule has 2 aliphatic rings. The maximum absolute atomic E-state index is 13.3. The number of hydrogen-bond acceptors (Lipinski definition) is 18. The normalized spacial score (nSPS) is 23.7. The van der Waals surface area contributed by atoms with Crippen molar-refractivity contribution in [2.24, 2.45) is 35.5 Å². The summed E-state index contributed by atoms with van der Waals surface area (Å²) in [7, 11) is 2.81. The molecule has 4 rings (SSSR count). The second-order valence-corrected chi connectivity index (χ2v) is 18.4. The highest BCUT2D eigenvalue weighted by Gasteiger charge is 2.37. The van der Waals surface area contributed by atoms with Crippen molar-refractivity contribution in [3.05, 3.63) is 35.9 Å². The summed E-state index contributed by atoms with van der Waals surface area (Å²) < 4.78 is 56.2. The van der Waals surface area contributed by atoms with E-state index < -0.39 is 60.3 Å². The first kappa shape index (κ1) is 58.4. The first-order chi connectivity index (χ1) is 32.9. The molecular weight excluding hydrogens is 897 g/mol. The van der Waals surface area contributed by atoms with Gasteiger partial charge < -0.3 is 52.5 Å². The molecule has 0 aromatic carbocycles. The van der Waals surface area contributed by atoms with E-state index in [2.05, 4.69) is 51.5 Å². The second kappa shape index (κ2) is 30.6. The number of nitrogens with zero attached hydrogens (tertiary/aromatic N) is 2. The lowest BCUT2D eigenvalue weighted by molar-refractivity contribution is -0.170. The molecule has 388 valence electrons. The van der Waals surface area contributed by atoms with E-state index in [0.717, 1.165) is 38.5 Å². The lowest BCUT2D eigenvalue weighted by atomic mass is 9.90. The summed E-state index contributed by atoms with van der Waals surface area (Å²) in [5.74, 6) is -2.94. The number of aromatic nitrogens is 2. The van der Waals surface area contributed by atoms with Gasteiger partial charge in [0.1, 0.15) is 12.2 Å². The van der Waals surface area contributed by atoms with Crippen molar-refractivity contribution in [2.45, 2.75) is 138 Å². The molecule has 18 heteroatoms. The van der Waals surface area contributed by atoms with Crippen LogP contribution in [0, 0.1) is 35.5 Å². The predicted octanol–water partition coefficient (Wildman–Crippen LogP) is 7.78. The molecule has 1 N–H and O–H groups in total. The van der Waals surface area contributed by atoms with Gasteiger partial charge >= 0.3 is 17.9 Å². The molecule has 0 aliphatic carbocycles. The summed E-state index contributed by atoms with van der Waals surface area (Å²) >= 11 is 0. The third-order valence-corrected chi connectivity index (χ3v) is 11.6. The number of ether oxygens (including phenoxy) is 10. The minimum absolute atomic E-state index is 0.0309. The number of carbonyl (C=O) groups excluding carboxylic acids is 5. The zero-order valence-electron chi connectivity index (χ0n) is 42.7. The maximum atomic E-state index is 13.3. The number of ketones is 2. The van der Waals surface area contributed by atoms with Gasteiger partial charge in [0.25, 0.3) is 0 Å². The molecule has 2 aromatic rings. The Bertz CT molecular complexity index is 1910. The van der Waals surface area contributed by atoms with Crippen molar-refractivity contribution in [2.75, 3.05) is 60.7 Å². The monoisotopic (exact) mass is 975 g/mol. The topological polar surface area (TPSA) is 224 Å². The summed E-state index contributed by atoms with van der Waals surface area (Å²) in [6.07, 6.45) is 6.41. The summed E-state index contributed by atoms with van der Waals surface area (Å²) in [4.78, 5) is 71.4. The Morgan fingerprint density at radius 1 is 0.725 bits per heavy atom. The van der Waals surface area contributed by atoms with E-state index in [-0.39, 0.29) is 84.5 Å². The Morgan fingerprint density at radius 3 is 1.61 bits per heavy atom. The zero-order chi connectivity index (χ0) is 51.0. The van der Waals surface area contributed by atoms with Gasteiger partial charge in [-0.1, -0.05) is 54.4 Å². The lowest BCUT2D eigenvalue weighted by Gasteiger charge is -2.34. The third-order valence-electron chi connectivity index (χ3n) is 11.6. The molecule has 4 heterocycles. The van der Waals surface area contributed by atoms with E-state index in [1.165, 1.54) is 45.7 Å². The molecule has 18 nitrogen and oxygen atoms in total. The van der Waals surface area contributed by atoms with Crippen LogP contribution in [-0.2, 0) is 47.5 Å². The van der Waals surface area contributed by atoms with Crippen LogP contribution in [0.5, 0.6) is 23.0 Å². The first-order valence-electron chi connectivity index (χ1n) is 24.3. The van der Waals surface area contributed by atoms with Crippen LogP contribution in [0.2, 0.25) is 0 Å². The quantitative estimate of drug-likeness (QED) is 0.0545. The highest BCUT2D eigenvalue weighted by atomic mass is 16.7. The SMILES string of the molecule is CCC[C@H]1CCOC[C@H](CC(=O)c2nccc(OC)c2O)C(=O)O[C@@H](C)[C@@H]1OCC(C)C.CCC[C@H]1CCOC[C@H](CC(=O)c2nccc(OC)c2OCOC(C)=O)C(=O)O[C@@H](C)[C@@H]1OCC(C)C. The number of cyclic esters (lactones) is 2. The fourth-order valence-electron chi connectivity index (χ4n) is 8.19. The van der Waals surface area contributed by atoms with Crippen molar-refractivity contribution in [1.29, 1.82) is 0 Å². The molecule has 0 bridgehead atoms. The Hall–Kier alpha value is -4.91. The van der Waals surface area contributed by atoms with Crippen molar-refractivity contribution < 1.29 is 76.4 Å². The average molecular weight is 975 g/mol. The molecule has 2 fully saturated rings. The van der Waals surface area contributed by atoms with Gasteiger partial charge in [-0.2, -0.15) is 0 Å². The van der Waals surface area contributed by atoms with Crippen molar-refractivity contribution >= 4 is 29.5 Å². The predicted molar refractivity (Wildman–Crippen MR) is 253 cm³/mol. The fraction of sp³-hybridized carbons (Fsp3) is 0.706. The van der Waals surface area contributed by atoms with Crippen molar-refractivity contribution in [1.82, 2.24) is 9.97 Å². The molecule has 0 unspecified atom stereocenters. The molecule has 2 aliphatic heterocycles. The number of esters is 3. The minimum atomic E-state index is -0.835. The van der Waals surface area contributed by atoms with Gasteiger partial charge in [-0.05, 0) is 63.2 Å². The number of pyridine rings is 2. The molecule has 0 amide bonds. The number of hydrogen-bond donors (Lipinski definition) is 1. The molecule has 69 heavy (non-hydrogen) atoms. The molecule has 0 spiro atoms. The van der Waals surface area contributed by atoms with E-state index >= 15 is 0 Å². The number of Topliss-reactive ketones (excluding diaryl/α,β-unsaturated/α-hetero) is 2. The van der Waals surface area contributed by atoms with Crippen LogP contribution in [0.3, 0.4) is 0 Å². The second-order valence-electron chi connectivity index (χ2n) is 18.4. The van der Waals surface area contributed by atoms with Gasteiger partial charge in [0, 0.05) is 70.7 Å². The van der Waals surface area contributed by atoms with E-state index in [1.54, 1.807) is 0 Å². The van der Waals surface area contributed by atoms with Crippen LogP contribution >= 0.6 is 0 Å². The minimum Gasteiger partial charge on any atom is -0.503 e.